The van der Waals surface area contributed by atoms with Gasteiger partial charge >= 0.3 is 5.97 Å². The standard InChI is InChI=1S/C16H25NO3/c1-5-9-17-13(4)14-8-7-12(3)10-15(14)20-11-16(18)19-6-2/h7-8,10,13,17H,5-6,9,11H2,1-4H3. The minimum Gasteiger partial charge on any atom is -0.482 e. The molecule has 0 saturated heterocycles. The van der Waals surface area contributed by atoms with E-state index in [0.29, 0.717) is 6.61 Å². The predicted molar refractivity (Wildman–Crippen MR) is 80.0 cm³/mol. The van der Waals surface area contributed by atoms with Gasteiger partial charge in [-0.25, -0.2) is 4.79 Å². The summed E-state index contributed by atoms with van der Waals surface area (Å²) in [5, 5.41) is 3.43. The zero-order chi connectivity index (χ0) is 15.0. The summed E-state index contributed by atoms with van der Waals surface area (Å²) >= 11 is 0. The summed E-state index contributed by atoms with van der Waals surface area (Å²) in [6, 6.07) is 6.24. The highest BCUT2D eigenvalue weighted by atomic mass is 16.6. The summed E-state index contributed by atoms with van der Waals surface area (Å²) in [4.78, 5) is 11.4. The van der Waals surface area contributed by atoms with Gasteiger partial charge < -0.3 is 14.8 Å². The minimum atomic E-state index is -0.339. The molecule has 0 saturated carbocycles. The van der Waals surface area contributed by atoms with Gasteiger partial charge in [-0.05, 0) is 45.4 Å². The molecule has 0 bridgehead atoms. The topological polar surface area (TPSA) is 47.6 Å². The molecule has 4 nitrogen and oxygen atoms in total. The lowest BCUT2D eigenvalue weighted by Gasteiger charge is -2.18. The molecule has 1 rings (SSSR count). The third-order valence-corrected chi connectivity index (χ3v) is 2.99. The molecule has 1 N–H and O–H groups in total. The van der Waals surface area contributed by atoms with Crippen molar-refractivity contribution in [2.24, 2.45) is 0 Å². The molecule has 112 valence electrons. The number of hydrogen-bond donors (Lipinski definition) is 1. The normalized spacial score (nSPS) is 12.0. The second kappa shape index (κ2) is 8.59. The van der Waals surface area contributed by atoms with Gasteiger partial charge in [0.05, 0.1) is 6.61 Å². The second-order valence-electron chi connectivity index (χ2n) is 4.81. The summed E-state index contributed by atoms with van der Waals surface area (Å²) < 4.78 is 10.5. The first kappa shape index (κ1) is 16.5. The van der Waals surface area contributed by atoms with E-state index in [9.17, 15) is 4.79 Å². The van der Waals surface area contributed by atoms with E-state index >= 15 is 0 Å². The van der Waals surface area contributed by atoms with Gasteiger partial charge in [0, 0.05) is 11.6 Å². The van der Waals surface area contributed by atoms with Crippen LogP contribution in [0.15, 0.2) is 18.2 Å². The van der Waals surface area contributed by atoms with Crippen LogP contribution in [-0.4, -0.2) is 25.7 Å². The van der Waals surface area contributed by atoms with E-state index in [-0.39, 0.29) is 18.6 Å². The van der Waals surface area contributed by atoms with Crippen LogP contribution >= 0.6 is 0 Å². The zero-order valence-electron chi connectivity index (χ0n) is 12.9. The first-order valence-corrected chi connectivity index (χ1v) is 7.20. The average molecular weight is 279 g/mol. The Hall–Kier alpha value is -1.55. The summed E-state index contributed by atoms with van der Waals surface area (Å²) in [5.41, 5.74) is 2.17. The minimum absolute atomic E-state index is 0.0508. The van der Waals surface area contributed by atoms with Crippen LogP contribution in [0.1, 0.15) is 44.4 Å². The second-order valence-corrected chi connectivity index (χ2v) is 4.81. The molecule has 0 heterocycles. The van der Waals surface area contributed by atoms with Crippen LogP contribution in [0.3, 0.4) is 0 Å². The largest absolute Gasteiger partial charge is 0.482 e. The van der Waals surface area contributed by atoms with Gasteiger partial charge in [-0.1, -0.05) is 19.1 Å². The Morgan fingerprint density at radius 3 is 2.75 bits per heavy atom. The Labute approximate surface area is 121 Å². The maximum absolute atomic E-state index is 11.4. The molecule has 1 aromatic carbocycles. The fourth-order valence-corrected chi connectivity index (χ4v) is 1.93. The molecule has 0 aromatic heterocycles. The number of carbonyl (C=O) groups is 1. The Kier molecular flexibility index (Phi) is 7.09. The third kappa shape index (κ3) is 5.21. The van der Waals surface area contributed by atoms with Gasteiger partial charge in [-0.3, -0.25) is 0 Å². The van der Waals surface area contributed by atoms with Crippen molar-refractivity contribution in [3.8, 4) is 5.75 Å². The first-order valence-electron chi connectivity index (χ1n) is 7.20. The van der Waals surface area contributed by atoms with Crippen molar-refractivity contribution in [2.45, 2.75) is 40.2 Å². The Morgan fingerprint density at radius 1 is 1.35 bits per heavy atom. The molecule has 0 amide bonds. The third-order valence-electron chi connectivity index (χ3n) is 2.99. The Morgan fingerprint density at radius 2 is 2.10 bits per heavy atom. The van der Waals surface area contributed by atoms with Gasteiger partial charge in [0.1, 0.15) is 5.75 Å². The maximum atomic E-state index is 11.4. The summed E-state index contributed by atoms with van der Waals surface area (Å²) in [6.45, 7) is 9.29. The van der Waals surface area contributed by atoms with Crippen LogP contribution < -0.4 is 10.1 Å². The predicted octanol–water partition coefficient (Wildman–Crippen LogP) is 3.00. The van der Waals surface area contributed by atoms with E-state index in [2.05, 4.69) is 25.2 Å². The molecule has 1 atom stereocenters. The maximum Gasteiger partial charge on any atom is 0.344 e. The molecular weight excluding hydrogens is 254 g/mol. The number of esters is 1. The molecule has 1 aromatic rings. The van der Waals surface area contributed by atoms with E-state index < -0.39 is 0 Å². The lowest BCUT2D eigenvalue weighted by molar-refractivity contribution is -0.145. The van der Waals surface area contributed by atoms with Crippen molar-refractivity contribution in [2.75, 3.05) is 19.8 Å². The number of benzene rings is 1. The number of rotatable bonds is 8. The van der Waals surface area contributed by atoms with Crippen LogP contribution in [0.5, 0.6) is 5.75 Å². The molecule has 0 aliphatic rings. The van der Waals surface area contributed by atoms with Crippen molar-refractivity contribution in [3.05, 3.63) is 29.3 Å². The molecule has 0 radical (unpaired) electrons. The quantitative estimate of drug-likeness (QED) is 0.743. The van der Waals surface area contributed by atoms with Gasteiger partial charge in [0.25, 0.3) is 0 Å². The molecular formula is C16H25NO3. The van der Waals surface area contributed by atoms with Crippen LogP contribution in [-0.2, 0) is 9.53 Å². The summed E-state index contributed by atoms with van der Waals surface area (Å²) in [5.74, 6) is 0.406. The average Bonchev–Trinajstić information content (AvgIpc) is 2.43. The Bertz CT molecular complexity index is 432. The molecule has 1 unspecified atom stereocenters. The van der Waals surface area contributed by atoms with Crippen molar-refractivity contribution in [3.63, 3.8) is 0 Å². The number of aryl methyl sites for hydroxylation is 1. The smallest absolute Gasteiger partial charge is 0.344 e. The fraction of sp³-hybridized carbons (Fsp3) is 0.562. The highest BCUT2D eigenvalue weighted by Gasteiger charge is 2.13. The highest BCUT2D eigenvalue weighted by Crippen LogP contribution is 2.26. The lowest BCUT2D eigenvalue weighted by atomic mass is 10.0. The molecule has 20 heavy (non-hydrogen) atoms. The highest BCUT2D eigenvalue weighted by molar-refractivity contribution is 5.71. The van der Waals surface area contributed by atoms with Crippen LogP contribution in [0.4, 0.5) is 0 Å². The number of ether oxygens (including phenoxy) is 2. The molecule has 0 fully saturated rings. The molecule has 0 aliphatic carbocycles. The summed E-state index contributed by atoms with van der Waals surface area (Å²) in [7, 11) is 0. The first-order chi connectivity index (χ1) is 9.58. The van der Waals surface area contributed by atoms with Gasteiger partial charge in [0.15, 0.2) is 6.61 Å². The van der Waals surface area contributed by atoms with E-state index in [1.165, 1.54) is 0 Å². The van der Waals surface area contributed by atoms with Crippen LogP contribution in [0.25, 0.3) is 0 Å². The molecule has 4 heteroatoms. The number of carbonyl (C=O) groups excluding carboxylic acids is 1. The molecule has 0 spiro atoms. The van der Waals surface area contributed by atoms with Gasteiger partial charge in [0.2, 0.25) is 0 Å². The van der Waals surface area contributed by atoms with Crippen molar-refractivity contribution in [1.29, 1.82) is 0 Å². The van der Waals surface area contributed by atoms with E-state index in [4.69, 9.17) is 9.47 Å². The summed E-state index contributed by atoms with van der Waals surface area (Å²) in [6.07, 6.45) is 1.08. The van der Waals surface area contributed by atoms with Crippen LogP contribution in [0, 0.1) is 6.92 Å². The SMILES string of the molecule is CCCNC(C)c1ccc(C)cc1OCC(=O)OCC. The van der Waals surface area contributed by atoms with Crippen molar-refractivity contribution in [1.82, 2.24) is 5.32 Å². The number of hydrogen-bond acceptors (Lipinski definition) is 4. The number of nitrogens with one attached hydrogen (secondary N) is 1. The van der Waals surface area contributed by atoms with Crippen molar-refractivity contribution >= 4 is 5.97 Å². The van der Waals surface area contributed by atoms with Crippen molar-refractivity contribution < 1.29 is 14.3 Å². The molecule has 0 aliphatic heterocycles. The van der Waals surface area contributed by atoms with E-state index in [1.54, 1.807) is 6.92 Å². The monoisotopic (exact) mass is 279 g/mol. The Balaban J connectivity index is 2.76. The lowest BCUT2D eigenvalue weighted by Crippen LogP contribution is -2.21. The van der Waals surface area contributed by atoms with Crippen LogP contribution in [0.2, 0.25) is 0 Å². The van der Waals surface area contributed by atoms with E-state index in [0.717, 1.165) is 29.8 Å². The zero-order valence-corrected chi connectivity index (χ0v) is 12.9. The van der Waals surface area contributed by atoms with E-state index in [1.807, 2.05) is 19.1 Å². The van der Waals surface area contributed by atoms with Gasteiger partial charge in [-0.15, -0.1) is 0 Å². The fourth-order valence-electron chi connectivity index (χ4n) is 1.93. The van der Waals surface area contributed by atoms with Gasteiger partial charge in [-0.2, -0.15) is 0 Å².